The molecule has 4 rings (SSSR count). The van der Waals surface area contributed by atoms with Crippen molar-refractivity contribution >= 4 is 33.2 Å². The number of carbonyl (C=O) groups excluding carboxylic acids is 2. The highest BCUT2D eigenvalue weighted by atomic mass is 32.2. The van der Waals surface area contributed by atoms with E-state index in [1.165, 1.54) is 20.5 Å². The van der Waals surface area contributed by atoms with E-state index in [0.717, 1.165) is 30.6 Å². The van der Waals surface area contributed by atoms with E-state index in [4.69, 9.17) is 0 Å². The number of hydrogen-bond donors (Lipinski definition) is 1. The predicted octanol–water partition coefficient (Wildman–Crippen LogP) is -0.230. The Morgan fingerprint density at radius 3 is 2.23 bits per heavy atom. The molecule has 3 fully saturated rings. The number of piperazine rings is 1. The molecule has 2 atom stereocenters. The van der Waals surface area contributed by atoms with Crippen molar-refractivity contribution in [1.82, 2.24) is 9.21 Å². The molecular weight excluding hydrogens is 374 g/mol. The van der Waals surface area contributed by atoms with Crippen LogP contribution in [0.25, 0.3) is 0 Å². The Hall–Kier alpha value is -1.29. The molecule has 3 heterocycles. The number of nitrogens with one attached hydrogen (secondary N) is 1. The largest absolute Gasteiger partial charge is 0.315 e. The zero-order valence-electron chi connectivity index (χ0n) is 14.6. The molecule has 3 aliphatic rings. The molecule has 0 spiro atoms. The van der Waals surface area contributed by atoms with Crippen molar-refractivity contribution in [3.63, 3.8) is 0 Å². The summed E-state index contributed by atoms with van der Waals surface area (Å²) in [6, 6.07) is 3.37. The van der Waals surface area contributed by atoms with Crippen molar-refractivity contribution in [2.24, 2.45) is 11.8 Å². The molecule has 2 amide bonds. The zero-order chi connectivity index (χ0) is 18.3. The smallest absolute Gasteiger partial charge is 0.252 e. The summed E-state index contributed by atoms with van der Waals surface area (Å²) in [5.41, 5.74) is 0. The van der Waals surface area contributed by atoms with Gasteiger partial charge in [0.15, 0.2) is 6.67 Å². The first-order valence-corrected chi connectivity index (χ1v) is 11.5. The fourth-order valence-electron chi connectivity index (χ4n) is 4.35. The van der Waals surface area contributed by atoms with Gasteiger partial charge in [-0.3, -0.25) is 9.59 Å². The fraction of sp³-hybridized carbons (Fsp3) is 0.647. The van der Waals surface area contributed by atoms with Crippen LogP contribution in [0.15, 0.2) is 21.7 Å². The number of imide groups is 1. The van der Waals surface area contributed by atoms with E-state index >= 15 is 0 Å². The maximum atomic E-state index is 12.6. The molecule has 9 heteroatoms. The van der Waals surface area contributed by atoms with Gasteiger partial charge in [0.1, 0.15) is 4.21 Å². The Balaban J connectivity index is 1.37. The maximum Gasteiger partial charge on any atom is 0.252 e. The van der Waals surface area contributed by atoms with Crippen molar-refractivity contribution in [2.45, 2.75) is 29.9 Å². The molecule has 0 aromatic carbocycles. The SMILES string of the molecule is O=C1[C@@H]2CCCC[C@H]2C(=O)N1C[NH+]1CCN(S(=O)(=O)c2cccs2)CC1. The minimum absolute atomic E-state index is 0.0131. The van der Waals surface area contributed by atoms with E-state index in [1.54, 1.807) is 17.5 Å². The average Bonchev–Trinajstić information content (AvgIpc) is 3.27. The highest BCUT2D eigenvalue weighted by Gasteiger charge is 2.49. The molecular formula is C17H24N3O4S2+. The standard InChI is InChI=1S/C17H23N3O4S2/c21-16-13-4-1-2-5-14(13)17(22)20(16)12-18-7-9-19(10-8-18)26(23,24)15-6-3-11-25-15/h3,6,11,13-14H,1-2,4-5,7-10,12H2/p+1/t13-,14-/m1/s1. The van der Waals surface area contributed by atoms with Gasteiger partial charge in [-0.25, -0.2) is 13.3 Å². The van der Waals surface area contributed by atoms with Gasteiger partial charge in [0.05, 0.1) is 38.0 Å². The zero-order valence-corrected chi connectivity index (χ0v) is 16.2. The van der Waals surface area contributed by atoms with Crippen molar-refractivity contribution in [1.29, 1.82) is 0 Å². The lowest BCUT2D eigenvalue weighted by Crippen LogP contribution is -3.16. The van der Waals surface area contributed by atoms with E-state index in [2.05, 4.69) is 0 Å². The summed E-state index contributed by atoms with van der Waals surface area (Å²) in [6.07, 6.45) is 3.71. The lowest BCUT2D eigenvalue weighted by atomic mass is 9.81. The van der Waals surface area contributed by atoms with Crippen LogP contribution < -0.4 is 4.90 Å². The molecule has 0 unspecified atom stereocenters. The molecule has 1 aliphatic carbocycles. The Morgan fingerprint density at radius 2 is 1.69 bits per heavy atom. The van der Waals surface area contributed by atoms with Crippen LogP contribution >= 0.6 is 11.3 Å². The first-order valence-electron chi connectivity index (χ1n) is 9.21. The molecule has 0 bridgehead atoms. The first-order chi connectivity index (χ1) is 12.5. The topological polar surface area (TPSA) is 79.2 Å². The molecule has 2 saturated heterocycles. The normalized spacial score (nSPS) is 28.5. The van der Waals surface area contributed by atoms with Gasteiger partial charge in [-0.05, 0) is 24.3 Å². The molecule has 0 radical (unpaired) electrons. The molecule has 1 N–H and O–H groups in total. The third kappa shape index (κ3) is 3.11. The number of thiophene rings is 1. The van der Waals surface area contributed by atoms with E-state index in [9.17, 15) is 18.0 Å². The second kappa shape index (κ2) is 7.03. The third-order valence-corrected chi connectivity index (χ3v) is 9.10. The van der Waals surface area contributed by atoms with Crippen LogP contribution in [0.4, 0.5) is 0 Å². The number of hydrogen-bond acceptors (Lipinski definition) is 5. The number of sulfonamides is 1. The van der Waals surface area contributed by atoms with Gasteiger partial charge < -0.3 is 4.90 Å². The van der Waals surface area contributed by atoms with Gasteiger partial charge in [-0.15, -0.1) is 11.3 Å². The van der Waals surface area contributed by atoms with Gasteiger partial charge in [-0.1, -0.05) is 18.9 Å². The minimum Gasteiger partial charge on any atom is -0.315 e. The Morgan fingerprint density at radius 1 is 1.08 bits per heavy atom. The Labute approximate surface area is 157 Å². The number of fused-ring (bicyclic) bond motifs is 1. The van der Waals surface area contributed by atoms with Crippen LogP contribution in [-0.2, 0) is 19.6 Å². The molecule has 1 aromatic rings. The van der Waals surface area contributed by atoms with E-state index in [0.29, 0.717) is 37.1 Å². The molecule has 26 heavy (non-hydrogen) atoms. The quantitative estimate of drug-likeness (QED) is 0.711. The number of likely N-dealkylation sites (tertiary alicyclic amines) is 1. The molecule has 7 nitrogen and oxygen atoms in total. The van der Waals surface area contributed by atoms with Crippen LogP contribution in [0.5, 0.6) is 0 Å². The summed E-state index contributed by atoms with van der Waals surface area (Å²) in [5, 5.41) is 1.76. The number of nitrogens with zero attached hydrogens (tertiary/aromatic N) is 2. The Bertz CT molecular complexity index is 761. The highest BCUT2D eigenvalue weighted by molar-refractivity contribution is 7.91. The summed E-state index contributed by atoms with van der Waals surface area (Å²) < 4.78 is 27.0. The van der Waals surface area contributed by atoms with Gasteiger partial charge in [0, 0.05) is 0 Å². The van der Waals surface area contributed by atoms with Crippen molar-refractivity contribution in [2.75, 3.05) is 32.8 Å². The maximum absolute atomic E-state index is 12.6. The van der Waals surface area contributed by atoms with Gasteiger partial charge in [0.2, 0.25) is 11.8 Å². The average molecular weight is 399 g/mol. The summed E-state index contributed by atoms with van der Waals surface area (Å²) >= 11 is 1.23. The van der Waals surface area contributed by atoms with Gasteiger partial charge in [0.25, 0.3) is 10.0 Å². The number of quaternary nitrogens is 1. The first kappa shape index (κ1) is 18.1. The number of rotatable bonds is 4. The molecule has 2 aliphatic heterocycles. The second-order valence-electron chi connectivity index (χ2n) is 7.35. The summed E-state index contributed by atoms with van der Waals surface area (Å²) in [6.45, 7) is 2.42. The van der Waals surface area contributed by atoms with E-state index in [1.807, 2.05) is 0 Å². The molecule has 142 valence electrons. The summed E-state index contributed by atoms with van der Waals surface area (Å²) in [4.78, 5) is 27.7. The van der Waals surface area contributed by atoms with Crippen LogP contribution in [0.2, 0.25) is 0 Å². The van der Waals surface area contributed by atoms with Crippen molar-refractivity contribution in [3.05, 3.63) is 17.5 Å². The number of carbonyl (C=O) groups is 2. The minimum atomic E-state index is -3.42. The summed E-state index contributed by atoms with van der Waals surface area (Å²) in [5.74, 6) is -0.256. The van der Waals surface area contributed by atoms with Crippen molar-refractivity contribution in [3.8, 4) is 0 Å². The predicted molar refractivity (Wildman–Crippen MR) is 95.9 cm³/mol. The fourth-order valence-corrected chi connectivity index (χ4v) is 6.93. The monoisotopic (exact) mass is 398 g/mol. The van der Waals surface area contributed by atoms with Crippen LogP contribution in [0.1, 0.15) is 25.7 Å². The highest BCUT2D eigenvalue weighted by Crippen LogP contribution is 2.37. The lowest BCUT2D eigenvalue weighted by molar-refractivity contribution is -0.910. The molecule has 1 aromatic heterocycles. The second-order valence-corrected chi connectivity index (χ2v) is 10.5. The van der Waals surface area contributed by atoms with Gasteiger partial charge >= 0.3 is 0 Å². The third-order valence-electron chi connectivity index (χ3n) is 5.83. The summed E-state index contributed by atoms with van der Waals surface area (Å²) in [7, 11) is -3.42. The van der Waals surface area contributed by atoms with Gasteiger partial charge in [-0.2, -0.15) is 4.31 Å². The van der Waals surface area contributed by atoms with E-state index < -0.39 is 10.0 Å². The lowest BCUT2D eigenvalue weighted by Gasteiger charge is -2.32. The van der Waals surface area contributed by atoms with Crippen LogP contribution in [-0.4, -0.2) is 62.3 Å². The van der Waals surface area contributed by atoms with Crippen LogP contribution in [0.3, 0.4) is 0 Å². The van der Waals surface area contributed by atoms with E-state index in [-0.39, 0.29) is 23.7 Å². The molecule has 1 saturated carbocycles. The van der Waals surface area contributed by atoms with Crippen molar-refractivity contribution < 1.29 is 22.9 Å². The van der Waals surface area contributed by atoms with Crippen LogP contribution in [0, 0.1) is 11.8 Å². The number of amides is 2. The Kier molecular flexibility index (Phi) is 4.89.